The van der Waals surface area contributed by atoms with Crippen molar-refractivity contribution in [3.8, 4) is 0 Å². The number of hydrogen-bond acceptors (Lipinski definition) is 3. The summed E-state index contributed by atoms with van der Waals surface area (Å²) in [5.74, 6) is 0.472. The van der Waals surface area contributed by atoms with Gasteiger partial charge in [-0.15, -0.1) is 0 Å². The monoisotopic (exact) mass is 346 g/mol. The third-order valence-corrected chi connectivity index (χ3v) is 6.89. The summed E-state index contributed by atoms with van der Waals surface area (Å²) < 4.78 is 6.11. The number of hydrogen-bond donors (Lipinski definition) is 0. The number of rotatable bonds is 13. The summed E-state index contributed by atoms with van der Waals surface area (Å²) in [7, 11) is 0.775. The maximum absolute atomic E-state index is 12.2. The summed E-state index contributed by atoms with van der Waals surface area (Å²) in [6.07, 6.45) is 9.85. The molecule has 0 saturated carbocycles. The highest BCUT2D eigenvalue weighted by molar-refractivity contribution is 8.14. The quantitative estimate of drug-likeness (QED) is 0.351. The van der Waals surface area contributed by atoms with Crippen LogP contribution in [-0.2, 0) is 9.22 Å². The first-order valence-electron chi connectivity index (χ1n) is 9.25. The maximum atomic E-state index is 12.2. The topological polar surface area (TPSA) is 26.3 Å². The smallest absolute Gasteiger partial charge is 0.189 e. The summed E-state index contributed by atoms with van der Waals surface area (Å²) in [5.41, 5.74) is -0.00930. The van der Waals surface area contributed by atoms with Crippen molar-refractivity contribution >= 4 is 27.4 Å². The van der Waals surface area contributed by atoms with Gasteiger partial charge in [0.15, 0.2) is 5.12 Å². The maximum Gasteiger partial charge on any atom is 0.189 e. The van der Waals surface area contributed by atoms with Crippen LogP contribution < -0.4 is 0 Å². The van der Waals surface area contributed by atoms with E-state index in [1.807, 2.05) is 0 Å². The third kappa shape index (κ3) is 7.18. The van der Waals surface area contributed by atoms with Gasteiger partial charge in [0.05, 0.1) is 5.60 Å². The minimum atomic E-state index is -0.00930. The first-order valence-corrected chi connectivity index (χ1v) is 10.9. The van der Waals surface area contributed by atoms with Gasteiger partial charge in [-0.1, -0.05) is 72.1 Å². The molecule has 0 spiro atoms. The van der Waals surface area contributed by atoms with Crippen LogP contribution in [0.4, 0.5) is 0 Å². The predicted molar refractivity (Wildman–Crippen MR) is 104 cm³/mol. The van der Waals surface area contributed by atoms with Gasteiger partial charge in [-0.3, -0.25) is 4.79 Å². The van der Waals surface area contributed by atoms with Gasteiger partial charge in [0.2, 0.25) is 0 Å². The van der Waals surface area contributed by atoms with Gasteiger partial charge >= 0.3 is 0 Å². The molecule has 0 saturated heterocycles. The Balaban J connectivity index is 4.61. The number of unbranched alkanes of at least 4 members (excludes halogenated alkanes) is 3. The molecule has 0 radical (unpaired) electrons. The summed E-state index contributed by atoms with van der Waals surface area (Å²) in [6, 6.07) is 0. The molecule has 0 aliphatic carbocycles. The van der Waals surface area contributed by atoms with Crippen LogP contribution in [0.1, 0.15) is 92.4 Å². The molecule has 0 aromatic rings. The summed E-state index contributed by atoms with van der Waals surface area (Å²) in [4.78, 5) is 12.2. The van der Waals surface area contributed by atoms with E-state index in [2.05, 4.69) is 34.6 Å². The second kappa shape index (κ2) is 12.6. The molecule has 0 amide bonds. The molecule has 0 fully saturated rings. The second-order valence-electron chi connectivity index (χ2n) is 6.39. The van der Waals surface area contributed by atoms with Crippen molar-refractivity contribution in [2.75, 3.05) is 0 Å². The van der Waals surface area contributed by atoms with Crippen LogP contribution in [0.15, 0.2) is 0 Å². The lowest BCUT2D eigenvalue weighted by Gasteiger charge is -2.42. The van der Waals surface area contributed by atoms with E-state index in [1.54, 1.807) is 11.8 Å². The first-order chi connectivity index (χ1) is 10.5. The average Bonchev–Trinajstić information content (AvgIpc) is 2.51. The van der Waals surface area contributed by atoms with Crippen LogP contribution in [0.5, 0.6) is 0 Å². The van der Waals surface area contributed by atoms with E-state index in [0.717, 1.165) is 49.0 Å². The van der Waals surface area contributed by atoms with Gasteiger partial charge in [0.1, 0.15) is 10.5 Å². The van der Waals surface area contributed by atoms with E-state index in [0.29, 0.717) is 16.3 Å². The second-order valence-corrected chi connectivity index (χ2v) is 8.24. The highest BCUT2D eigenvalue weighted by atomic mass is 32.2. The molecule has 4 heteroatoms. The molecule has 22 heavy (non-hydrogen) atoms. The number of thioether (sulfide) groups is 1. The van der Waals surface area contributed by atoms with Gasteiger partial charge < -0.3 is 4.43 Å². The van der Waals surface area contributed by atoms with Crippen LogP contribution in [0, 0.1) is 5.92 Å². The van der Waals surface area contributed by atoms with Crippen LogP contribution in [0.2, 0.25) is 0 Å². The Hall–Kier alpha value is 0.197. The van der Waals surface area contributed by atoms with Crippen molar-refractivity contribution < 1.29 is 9.22 Å². The van der Waals surface area contributed by atoms with Crippen LogP contribution in [0.3, 0.4) is 0 Å². The predicted octanol–water partition coefficient (Wildman–Crippen LogP) is 4.88. The summed E-state index contributed by atoms with van der Waals surface area (Å²) in [5, 5.41) is 0.723. The van der Waals surface area contributed by atoms with Crippen molar-refractivity contribution in [2.45, 2.75) is 103 Å². The molecule has 0 aliphatic heterocycles. The molecular formula is C18H38O2SSi. The van der Waals surface area contributed by atoms with E-state index in [4.69, 9.17) is 4.43 Å². The van der Waals surface area contributed by atoms with Crippen molar-refractivity contribution in [3.63, 3.8) is 0 Å². The van der Waals surface area contributed by atoms with E-state index in [-0.39, 0.29) is 5.60 Å². The lowest BCUT2D eigenvalue weighted by molar-refractivity contribution is -0.111. The zero-order chi connectivity index (χ0) is 17.0. The Kier molecular flexibility index (Phi) is 12.7. The molecule has 0 bridgehead atoms. The van der Waals surface area contributed by atoms with Gasteiger partial charge in [-0.25, -0.2) is 0 Å². The summed E-state index contributed by atoms with van der Waals surface area (Å²) >= 11 is 1.57. The Labute approximate surface area is 146 Å². The molecule has 2 nitrogen and oxygen atoms in total. The van der Waals surface area contributed by atoms with Gasteiger partial charge in [-0.05, 0) is 31.6 Å². The molecular weight excluding hydrogens is 308 g/mol. The fourth-order valence-corrected chi connectivity index (χ4v) is 5.70. The molecule has 3 atom stereocenters. The largest absolute Gasteiger partial charge is 0.422 e. The lowest BCUT2D eigenvalue weighted by Crippen LogP contribution is -2.44. The van der Waals surface area contributed by atoms with Crippen LogP contribution in [-0.4, -0.2) is 26.5 Å². The summed E-state index contributed by atoms with van der Waals surface area (Å²) in [6.45, 7) is 11.1. The molecule has 0 aliphatic rings. The fraction of sp³-hybridized carbons (Fsp3) is 0.944. The standard InChI is InChI=1S/C18H38O2SSi/c1-6-10-11-12-13-17(19)21-15(5)16(8-3)18(9-4,20-22)14-7-2/h15-16H,6-14H2,1-5,22H3. The minimum Gasteiger partial charge on any atom is -0.422 e. The molecule has 132 valence electrons. The van der Waals surface area contributed by atoms with Crippen molar-refractivity contribution in [1.82, 2.24) is 0 Å². The Bertz CT molecular complexity index is 293. The van der Waals surface area contributed by atoms with Crippen molar-refractivity contribution in [1.29, 1.82) is 0 Å². The van der Waals surface area contributed by atoms with Crippen LogP contribution >= 0.6 is 11.8 Å². The zero-order valence-electron chi connectivity index (χ0n) is 15.7. The van der Waals surface area contributed by atoms with Crippen molar-refractivity contribution in [3.05, 3.63) is 0 Å². The minimum absolute atomic E-state index is 0.00930. The number of carbonyl (C=O) groups is 1. The lowest BCUT2D eigenvalue weighted by atomic mass is 9.78. The average molecular weight is 347 g/mol. The van der Waals surface area contributed by atoms with E-state index in [1.165, 1.54) is 19.3 Å². The number of carbonyl (C=O) groups excluding carboxylic acids is 1. The third-order valence-electron chi connectivity index (χ3n) is 4.91. The van der Waals surface area contributed by atoms with E-state index >= 15 is 0 Å². The van der Waals surface area contributed by atoms with Gasteiger partial charge in [-0.2, -0.15) is 0 Å². The van der Waals surface area contributed by atoms with E-state index < -0.39 is 0 Å². The van der Waals surface area contributed by atoms with E-state index in [9.17, 15) is 4.79 Å². The SMILES string of the molecule is CCCCCCC(=O)SC(C)C(CC)C(CC)(CCC)O[SiH3]. The van der Waals surface area contributed by atoms with Crippen molar-refractivity contribution in [2.24, 2.45) is 5.92 Å². The highest BCUT2D eigenvalue weighted by Crippen LogP contribution is 2.39. The Morgan fingerprint density at radius 2 is 1.82 bits per heavy atom. The molecule has 0 heterocycles. The van der Waals surface area contributed by atoms with Gasteiger partial charge in [0.25, 0.3) is 0 Å². The van der Waals surface area contributed by atoms with Gasteiger partial charge in [0, 0.05) is 11.7 Å². The molecule has 0 N–H and O–H groups in total. The first kappa shape index (κ1) is 22.2. The molecule has 0 rings (SSSR count). The Morgan fingerprint density at radius 1 is 1.14 bits per heavy atom. The molecule has 3 unspecified atom stereocenters. The molecule has 0 aromatic carbocycles. The Morgan fingerprint density at radius 3 is 2.27 bits per heavy atom. The van der Waals surface area contributed by atoms with Crippen LogP contribution in [0.25, 0.3) is 0 Å². The zero-order valence-corrected chi connectivity index (χ0v) is 18.6. The fourth-order valence-electron chi connectivity index (χ4n) is 3.62. The highest BCUT2D eigenvalue weighted by Gasteiger charge is 2.38. The molecule has 0 aromatic heterocycles. The normalized spacial score (nSPS) is 17.1.